The largest absolute Gasteiger partial charge is 0.336 e. The molecule has 2 aromatic carbocycles. The number of amides is 1. The molecule has 0 aromatic heterocycles. The zero-order valence-corrected chi connectivity index (χ0v) is 21.2. The third-order valence-corrected chi connectivity index (χ3v) is 9.09. The summed E-state index contributed by atoms with van der Waals surface area (Å²) < 4.78 is 27.8. The summed E-state index contributed by atoms with van der Waals surface area (Å²) in [4.78, 5) is 17.2. The van der Waals surface area contributed by atoms with E-state index < -0.39 is 10.0 Å². The third kappa shape index (κ3) is 5.66. The van der Waals surface area contributed by atoms with E-state index in [1.165, 1.54) is 16.4 Å². The highest BCUT2D eigenvalue weighted by atomic mass is 35.5. The van der Waals surface area contributed by atoms with Gasteiger partial charge in [-0.1, -0.05) is 53.4 Å². The second-order valence-electron chi connectivity index (χ2n) is 8.42. The lowest BCUT2D eigenvalue weighted by molar-refractivity contribution is 0.0628. The van der Waals surface area contributed by atoms with Gasteiger partial charge in [0.2, 0.25) is 10.0 Å². The summed E-state index contributed by atoms with van der Waals surface area (Å²) in [5.41, 5.74) is 1.33. The zero-order valence-electron chi connectivity index (χ0n) is 18.1. The molecule has 1 amide bonds. The number of carbonyl (C=O) groups excluding carboxylic acids is 1. The monoisotopic (exact) mass is 529 g/mol. The minimum atomic E-state index is -3.79. The number of hydrogen-bond donors (Lipinski definition) is 0. The standard InChI is InChI=1S/C23H26Cl3N3O3S/c24-18-6-4-17(5-7-18)16-27-10-12-28(13-11-27)23(30)19-14-22(21(26)15-20(19)25)33(31,32)29-8-2-1-3-9-29/h4-7,14-15H,1-3,8-13,16H2. The predicted molar refractivity (Wildman–Crippen MR) is 132 cm³/mol. The van der Waals surface area contributed by atoms with Crippen LogP contribution >= 0.6 is 34.8 Å². The van der Waals surface area contributed by atoms with Gasteiger partial charge in [0.1, 0.15) is 4.90 Å². The first-order valence-electron chi connectivity index (χ1n) is 11.0. The van der Waals surface area contributed by atoms with Crippen LogP contribution in [0.15, 0.2) is 41.3 Å². The van der Waals surface area contributed by atoms with Crippen LogP contribution in [0.4, 0.5) is 0 Å². The summed E-state index contributed by atoms with van der Waals surface area (Å²) >= 11 is 18.6. The van der Waals surface area contributed by atoms with Gasteiger partial charge in [0, 0.05) is 50.8 Å². The van der Waals surface area contributed by atoms with E-state index in [0.717, 1.165) is 31.4 Å². The van der Waals surface area contributed by atoms with Crippen molar-refractivity contribution < 1.29 is 13.2 Å². The molecule has 2 heterocycles. The fraction of sp³-hybridized carbons (Fsp3) is 0.435. The number of sulfonamides is 1. The number of piperidine rings is 1. The highest BCUT2D eigenvalue weighted by molar-refractivity contribution is 7.89. The first-order chi connectivity index (χ1) is 15.8. The Balaban J connectivity index is 1.47. The van der Waals surface area contributed by atoms with Crippen molar-refractivity contribution in [2.45, 2.75) is 30.7 Å². The second kappa shape index (κ2) is 10.5. The van der Waals surface area contributed by atoms with E-state index in [4.69, 9.17) is 34.8 Å². The van der Waals surface area contributed by atoms with Crippen LogP contribution < -0.4 is 0 Å². The molecule has 0 unspecified atom stereocenters. The molecule has 2 saturated heterocycles. The summed E-state index contributed by atoms with van der Waals surface area (Å²) in [6.07, 6.45) is 2.64. The topological polar surface area (TPSA) is 60.9 Å². The van der Waals surface area contributed by atoms with Gasteiger partial charge >= 0.3 is 0 Å². The molecule has 2 aliphatic heterocycles. The number of nitrogens with zero attached hydrogens (tertiary/aromatic N) is 3. The van der Waals surface area contributed by atoms with Crippen LogP contribution in [0.3, 0.4) is 0 Å². The van der Waals surface area contributed by atoms with E-state index in [2.05, 4.69) is 4.90 Å². The molecule has 0 spiro atoms. The Morgan fingerprint density at radius 1 is 0.818 bits per heavy atom. The van der Waals surface area contributed by atoms with Crippen molar-refractivity contribution in [2.24, 2.45) is 0 Å². The molecule has 0 atom stereocenters. The minimum absolute atomic E-state index is 0.0370. The lowest BCUT2D eigenvalue weighted by Crippen LogP contribution is -2.48. The Labute approximate surface area is 210 Å². The Bertz CT molecular complexity index is 1110. The van der Waals surface area contributed by atoms with E-state index in [9.17, 15) is 13.2 Å². The third-order valence-electron chi connectivity index (χ3n) is 6.16. The Morgan fingerprint density at radius 2 is 1.45 bits per heavy atom. The van der Waals surface area contributed by atoms with Gasteiger partial charge in [0.05, 0.1) is 15.6 Å². The van der Waals surface area contributed by atoms with E-state index in [0.29, 0.717) is 44.3 Å². The van der Waals surface area contributed by atoms with Crippen molar-refractivity contribution in [3.8, 4) is 0 Å². The predicted octanol–water partition coefficient (Wildman–Crippen LogP) is 4.78. The maximum atomic E-state index is 13.2. The molecule has 178 valence electrons. The lowest BCUT2D eigenvalue weighted by Gasteiger charge is -2.35. The molecule has 2 aromatic rings. The molecule has 2 aliphatic rings. The highest BCUT2D eigenvalue weighted by Gasteiger charge is 2.31. The van der Waals surface area contributed by atoms with Crippen molar-refractivity contribution >= 4 is 50.7 Å². The van der Waals surface area contributed by atoms with Gasteiger partial charge in [0.25, 0.3) is 5.91 Å². The SMILES string of the molecule is O=C(c1cc(S(=O)(=O)N2CCCCC2)c(Cl)cc1Cl)N1CCN(Cc2ccc(Cl)cc2)CC1. The molecule has 2 fully saturated rings. The van der Waals surface area contributed by atoms with E-state index >= 15 is 0 Å². The number of piperazine rings is 1. The Morgan fingerprint density at radius 3 is 2.09 bits per heavy atom. The molecule has 33 heavy (non-hydrogen) atoms. The average Bonchev–Trinajstić information content (AvgIpc) is 2.81. The molecule has 0 radical (unpaired) electrons. The van der Waals surface area contributed by atoms with Crippen LogP contribution in [0.5, 0.6) is 0 Å². The molecule has 0 bridgehead atoms. The van der Waals surface area contributed by atoms with Crippen molar-refractivity contribution in [3.05, 3.63) is 62.6 Å². The molecule has 6 nitrogen and oxygen atoms in total. The maximum Gasteiger partial charge on any atom is 0.255 e. The molecule has 10 heteroatoms. The van der Waals surface area contributed by atoms with E-state index in [-0.39, 0.29) is 26.4 Å². The number of rotatable bonds is 5. The van der Waals surface area contributed by atoms with Crippen LogP contribution in [0.2, 0.25) is 15.1 Å². The van der Waals surface area contributed by atoms with Gasteiger partial charge in [-0.15, -0.1) is 0 Å². The van der Waals surface area contributed by atoms with Crippen molar-refractivity contribution in [2.75, 3.05) is 39.3 Å². The molecular formula is C23H26Cl3N3O3S. The van der Waals surface area contributed by atoms with E-state index in [1.807, 2.05) is 24.3 Å². The van der Waals surface area contributed by atoms with Crippen LogP contribution in [-0.4, -0.2) is 67.7 Å². The quantitative estimate of drug-likeness (QED) is 0.558. The van der Waals surface area contributed by atoms with Gasteiger partial charge < -0.3 is 4.90 Å². The van der Waals surface area contributed by atoms with Crippen molar-refractivity contribution in [1.82, 2.24) is 14.1 Å². The average molecular weight is 531 g/mol. The summed E-state index contributed by atoms with van der Waals surface area (Å²) in [7, 11) is -3.79. The fourth-order valence-electron chi connectivity index (χ4n) is 4.26. The van der Waals surface area contributed by atoms with Gasteiger partial charge in [-0.25, -0.2) is 8.42 Å². The summed E-state index contributed by atoms with van der Waals surface area (Å²) in [5.74, 6) is -0.280. The van der Waals surface area contributed by atoms with Crippen LogP contribution in [0, 0.1) is 0 Å². The Kier molecular flexibility index (Phi) is 7.88. The molecule has 0 saturated carbocycles. The van der Waals surface area contributed by atoms with Crippen molar-refractivity contribution in [1.29, 1.82) is 0 Å². The van der Waals surface area contributed by atoms with Crippen LogP contribution in [0.25, 0.3) is 0 Å². The number of benzene rings is 2. The normalized spacial score (nSPS) is 18.5. The van der Waals surface area contributed by atoms with Gasteiger partial charge in [-0.2, -0.15) is 4.31 Å². The van der Waals surface area contributed by atoms with Crippen LogP contribution in [0.1, 0.15) is 35.2 Å². The Hall–Kier alpha value is -1.35. The first kappa shape index (κ1) is 24.8. The molecule has 0 N–H and O–H groups in total. The van der Waals surface area contributed by atoms with Gasteiger partial charge in [-0.3, -0.25) is 9.69 Å². The van der Waals surface area contributed by atoms with Crippen LogP contribution in [-0.2, 0) is 16.6 Å². The summed E-state index contributed by atoms with van der Waals surface area (Å²) in [6.45, 7) is 4.16. The van der Waals surface area contributed by atoms with E-state index in [1.54, 1.807) is 4.90 Å². The lowest BCUT2D eigenvalue weighted by atomic mass is 10.1. The smallest absolute Gasteiger partial charge is 0.255 e. The van der Waals surface area contributed by atoms with Crippen molar-refractivity contribution in [3.63, 3.8) is 0 Å². The number of hydrogen-bond acceptors (Lipinski definition) is 4. The highest BCUT2D eigenvalue weighted by Crippen LogP contribution is 2.32. The maximum absolute atomic E-state index is 13.2. The minimum Gasteiger partial charge on any atom is -0.336 e. The zero-order chi connectivity index (χ0) is 23.6. The van der Waals surface area contributed by atoms with Gasteiger partial charge in [-0.05, 0) is 42.7 Å². The second-order valence-corrected chi connectivity index (χ2v) is 11.6. The number of carbonyl (C=O) groups is 1. The fourth-order valence-corrected chi connectivity index (χ4v) is 6.73. The summed E-state index contributed by atoms with van der Waals surface area (Å²) in [6, 6.07) is 10.4. The molecule has 0 aliphatic carbocycles. The number of halogens is 3. The molecular weight excluding hydrogens is 505 g/mol. The summed E-state index contributed by atoms with van der Waals surface area (Å²) in [5, 5.41) is 0.900. The van der Waals surface area contributed by atoms with Gasteiger partial charge in [0.15, 0.2) is 0 Å². The molecule has 4 rings (SSSR count). The first-order valence-corrected chi connectivity index (χ1v) is 13.6.